The smallest absolute Gasteiger partial charge is 0.308 e. The molecule has 0 aromatic carbocycles. The number of hydrogen-bond donors (Lipinski definition) is 3. The van der Waals surface area contributed by atoms with Crippen LogP contribution in [-0.4, -0.2) is 40.4 Å². The number of carbonyl (C=O) groups excluding carboxylic acids is 2. The average molecular weight is 302 g/mol. The van der Waals surface area contributed by atoms with Gasteiger partial charge in [0.2, 0.25) is 11.8 Å². The van der Waals surface area contributed by atoms with Gasteiger partial charge in [-0.3, -0.25) is 14.4 Å². The number of nitrogens with one attached hydrogen (secondary N) is 1. The number of amides is 2. The maximum Gasteiger partial charge on any atom is 0.308 e. The van der Waals surface area contributed by atoms with Crippen molar-refractivity contribution in [1.29, 1.82) is 0 Å². The number of aliphatic carboxylic acids is 1. The molecule has 2 unspecified atom stereocenters. The molecule has 1 fully saturated rings. The van der Waals surface area contributed by atoms with Gasteiger partial charge in [0.1, 0.15) is 0 Å². The summed E-state index contributed by atoms with van der Waals surface area (Å²) in [7, 11) is 0. The summed E-state index contributed by atoms with van der Waals surface area (Å²) in [6, 6.07) is -0.274. The van der Waals surface area contributed by atoms with Gasteiger partial charge in [-0.25, -0.2) is 0 Å². The minimum absolute atomic E-state index is 0.153. The van der Waals surface area contributed by atoms with E-state index < -0.39 is 17.8 Å². The highest BCUT2D eigenvalue weighted by molar-refractivity contribution is 7.99. The molecule has 0 radical (unpaired) electrons. The summed E-state index contributed by atoms with van der Waals surface area (Å²) in [5.41, 5.74) is 5.00. The Morgan fingerprint density at radius 2 is 1.90 bits per heavy atom. The van der Waals surface area contributed by atoms with Crippen molar-refractivity contribution in [1.82, 2.24) is 5.32 Å². The van der Waals surface area contributed by atoms with E-state index in [2.05, 4.69) is 5.32 Å². The van der Waals surface area contributed by atoms with Crippen molar-refractivity contribution >= 4 is 29.5 Å². The zero-order valence-electron chi connectivity index (χ0n) is 11.5. The molecule has 4 N–H and O–H groups in total. The molecule has 0 aromatic heterocycles. The van der Waals surface area contributed by atoms with Crippen LogP contribution < -0.4 is 11.1 Å². The Balaban J connectivity index is 2.37. The van der Waals surface area contributed by atoms with Crippen molar-refractivity contribution in [3.63, 3.8) is 0 Å². The number of rotatable bonds is 7. The standard InChI is InChI=1S/C13H22N2O4S/c14-11(16)8-20-7-6-12(17)15-10-5-3-1-2-4-9(10)13(18)19/h9-10H,1-8H2,(H2,14,16)(H,15,17)(H,18,19). The number of carbonyl (C=O) groups is 3. The fraction of sp³-hybridized carbons (Fsp3) is 0.769. The van der Waals surface area contributed by atoms with Crippen LogP contribution in [0.4, 0.5) is 0 Å². The molecule has 2 atom stereocenters. The summed E-state index contributed by atoms with van der Waals surface area (Å²) in [5.74, 6) is -1.15. The molecule has 1 aliphatic carbocycles. The first-order valence-corrected chi connectivity index (χ1v) is 8.04. The molecule has 1 aliphatic rings. The lowest BCUT2D eigenvalue weighted by atomic mass is 9.95. The topological polar surface area (TPSA) is 109 Å². The highest BCUT2D eigenvalue weighted by Gasteiger charge is 2.30. The summed E-state index contributed by atoms with van der Waals surface area (Å²) in [5, 5.41) is 12.0. The van der Waals surface area contributed by atoms with Gasteiger partial charge in [-0.2, -0.15) is 11.8 Å². The van der Waals surface area contributed by atoms with Gasteiger partial charge in [0, 0.05) is 18.2 Å². The fourth-order valence-corrected chi connectivity index (χ4v) is 3.07. The lowest BCUT2D eigenvalue weighted by Gasteiger charge is -2.22. The maximum absolute atomic E-state index is 11.8. The molecule has 0 saturated heterocycles. The molecule has 1 rings (SSSR count). The normalized spacial score (nSPS) is 22.8. The van der Waals surface area contributed by atoms with Crippen LogP contribution in [0.2, 0.25) is 0 Å². The van der Waals surface area contributed by atoms with Crippen LogP contribution >= 0.6 is 11.8 Å². The molecule has 7 heteroatoms. The Morgan fingerprint density at radius 3 is 2.55 bits per heavy atom. The van der Waals surface area contributed by atoms with Crippen molar-refractivity contribution in [2.24, 2.45) is 11.7 Å². The molecule has 20 heavy (non-hydrogen) atoms. The molecule has 114 valence electrons. The van der Waals surface area contributed by atoms with E-state index in [-0.39, 0.29) is 24.1 Å². The van der Waals surface area contributed by atoms with Gasteiger partial charge in [0.05, 0.1) is 11.7 Å². The largest absolute Gasteiger partial charge is 0.481 e. The zero-order chi connectivity index (χ0) is 15.0. The number of carboxylic acids is 1. The maximum atomic E-state index is 11.8. The molecule has 0 spiro atoms. The first-order chi connectivity index (χ1) is 9.50. The summed E-state index contributed by atoms with van der Waals surface area (Å²) in [6.45, 7) is 0. The second-order valence-electron chi connectivity index (χ2n) is 5.03. The van der Waals surface area contributed by atoms with Crippen LogP contribution in [0.5, 0.6) is 0 Å². The Bertz CT molecular complexity index is 362. The highest BCUT2D eigenvalue weighted by atomic mass is 32.2. The van der Waals surface area contributed by atoms with Crippen molar-refractivity contribution in [2.75, 3.05) is 11.5 Å². The van der Waals surface area contributed by atoms with E-state index in [0.29, 0.717) is 12.2 Å². The quantitative estimate of drug-likeness (QED) is 0.475. The van der Waals surface area contributed by atoms with Crippen LogP contribution in [0.1, 0.15) is 38.5 Å². The van der Waals surface area contributed by atoms with Crippen LogP contribution in [0, 0.1) is 5.92 Å². The molecule has 0 heterocycles. The van der Waals surface area contributed by atoms with E-state index >= 15 is 0 Å². The first kappa shape index (κ1) is 16.8. The minimum atomic E-state index is -0.833. The number of hydrogen-bond acceptors (Lipinski definition) is 4. The average Bonchev–Trinajstić information content (AvgIpc) is 2.60. The Labute approximate surface area is 122 Å². The number of carboxylic acid groups (broad SMARTS) is 1. The molecule has 0 bridgehead atoms. The van der Waals surface area contributed by atoms with Gasteiger partial charge in [0.15, 0.2) is 0 Å². The van der Waals surface area contributed by atoms with E-state index in [0.717, 1.165) is 25.7 Å². The Kier molecular flexibility index (Phi) is 7.43. The third-order valence-electron chi connectivity index (χ3n) is 3.40. The number of thioether (sulfide) groups is 1. The van der Waals surface area contributed by atoms with Gasteiger partial charge < -0.3 is 16.2 Å². The molecule has 1 saturated carbocycles. The molecule has 0 aliphatic heterocycles. The van der Waals surface area contributed by atoms with Crippen LogP contribution in [0.15, 0.2) is 0 Å². The molecule has 6 nitrogen and oxygen atoms in total. The monoisotopic (exact) mass is 302 g/mol. The van der Waals surface area contributed by atoms with E-state index in [1.165, 1.54) is 11.8 Å². The minimum Gasteiger partial charge on any atom is -0.481 e. The van der Waals surface area contributed by atoms with E-state index in [4.69, 9.17) is 5.73 Å². The molecular weight excluding hydrogens is 280 g/mol. The second kappa shape index (κ2) is 8.84. The lowest BCUT2D eigenvalue weighted by Crippen LogP contribution is -2.42. The second-order valence-corrected chi connectivity index (χ2v) is 6.13. The lowest BCUT2D eigenvalue weighted by molar-refractivity contribution is -0.143. The van der Waals surface area contributed by atoms with Gasteiger partial charge >= 0.3 is 5.97 Å². The summed E-state index contributed by atoms with van der Waals surface area (Å²) in [6.07, 6.45) is 4.49. The van der Waals surface area contributed by atoms with Gasteiger partial charge in [-0.15, -0.1) is 0 Å². The first-order valence-electron chi connectivity index (χ1n) is 6.89. The summed E-state index contributed by atoms with van der Waals surface area (Å²) < 4.78 is 0. The van der Waals surface area contributed by atoms with Crippen molar-refractivity contribution in [2.45, 2.75) is 44.6 Å². The van der Waals surface area contributed by atoms with Gasteiger partial charge in [0.25, 0.3) is 0 Å². The van der Waals surface area contributed by atoms with Gasteiger partial charge in [-0.05, 0) is 12.8 Å². The number of nitrogens with two attached hydrogens (primary N) is 1. The Morgan fingerprint density at radius 1 is 1.20 bits per heavy atom. The van der Waals surface area contributed by atoms with E-state index in [1.54, 1.807) is 0 Å². The van der Waals surface area contributed by atoms with E-state index in [1.807, 2.05) is 0 Å². The van der Waals surface area contributed by atoms with Crippen LogP contribution in [-0.2, 0) is 14.4 Å². The fourth-order valence-electron chi connectivity index (χ4n) is 2.39. The third-order valence-corrected chi connectivity index (χ3v) is 4.38. The van der Waals surface area contributed by atoms with Crippen LogP contribution in [0.3, 0.4) is 0 Å². The SMILES string of the molecule is NC(=O)CSCCC(=O)NC1CCCCCC1C(=O)O. The molecular formula is C13H22N2O4S. The molecule has 2 amide bonds. The summed E-state index contributed by atoms with van der Waals surface area (Å²) in [4.78, 5) is 33.6. The van der Waals surface area contributed by atoms with Crippen molar-refractivity contribution < 1.29 is 19.5 Å². The van der Waals surface area contributed by atoms with Crippen molar-refractivity contribution in [3.8, 4) is 0 Å². The third kappa shape index (κ3) is 6.27. The summed E-state index contributed by atoms with van der Waals surface area (Å²) >= 11 is 1.31. The Hall–Kier alpha value is -1.24. The highest BCUT2D eigenvalue weighted by Crippen LogP contribution is 2.24. The molecule has 0 aromatic rings. The number of primary amides is 1. The van der Waals surface area contributed by atoms with Crippen LogP contribution in [0.25, 0.3) is 0 Å². The van der Waals surface area contributed by atoms with Crippen molar-refractivity contribution in [3.05, 3.63) is 0 Å². The predicted octanol–water partition coefficient (Wildman–Crippen LogP) is 0.745. The van der Waals surface area contributed by atoms with E-state index in [9.17, 15) is 19.5 Å². The zero-order valence-corrected chi connectivity index (χ0v) is 12.3. The van der Waals surface area contributed by atoms with Gasteiger partial charge in [-0.1, -0.05) is 19.3 Å². The predicted molar refractivity (Wildman–Crippen MR) is 77.3 cm³/mol.